The molecule has 0 saturated carbocycles. The molecule has 2 aromatic heterocycles. The molecule has 0 aliphatic carbocycles. The number of carbonyl (C=O) groups excluding carboxylic acids is 2. The Kier molecular flexibility index (Phi) is 5.96. The first-order valence-corrected chi connectivity index (χ1v) is 9.99. The van der Waals surface area contributed by atoms with Gasteiger partial charge < -0.3 is 14.4 Å². The number of anilines is 1. The molecule has 1 amide bonds. The van der Waals surface area contributed by atoms with Gasteiger partial charge in [-0.3, -0.25) is 14.4 Å². The molecule has 160 valence electrons. The number of nitrogens with one attached hydrogen (secondary N) is 1. The van der Waals surface area contributed by atoms with Crippen LogP contribution < -0.4 is 10.9 Å². The number of benzene rings is 2. The predicted octanol–water partition coefficient (Wildman–Crippen LogP) is 4.06. The molecule has 4 aromatic rings. The Labute approximate surface area is 187 Å². The van der Waals surface area contributed by atoms with Gasteiger partial charge >= 0.3 is 0 Å². The van der Waals surface area contributed by atoms with Crippen molar-refractivity contribution >= 4 is 29.0 Å². The molecule has 2 aromatic carbocycles. The van der Waals surface area contributed by atoms with Crippen LogP contribution in [0.4, 0.5) is 5.69 Å². The SMILES string of the molecule is CC(=O)c1ccc(NC(=O)Cn2cccc(-c3nc(-c4ccc(Cl)cc4)no3)c2=O)cc1. The molecule has 0 aliphatic rings. The summed E-state index contributed by atoms with van der Waals surface area (Å²) in [7, 11) is 0. The fraction of sp³-hybridized carbons (Fsp3) is 0.0870. The Balaban J connectivity index is 1.51. The summed E-state index contributed by atoms with van der Waals surface area (Å²) < 4.78 is 6.52. The number of nitrogens with zero attached hydrogens (tertiary/aromatic N) is 3. The summed E-state index contributed by atoms with van der Waals surface area (Å²) in [5, 5.41) is 7.20. The smallest absolute Gasteiger partial charge is 0.263 e. The van der Waals surface area contributed by atoms with E-state index in [1.54, 1.807) is 60.7 Å². The van der Waals surface area contributed by atoms with E-state index in [2.05, 4.69) is 15.5 Å². The third-order valence-electron chi connectivity index (χ3n) is 4.67. The van der Waals surface area contributed by atoms with Gasteiger partial charge in [0.25, 0.3) is 11.4 Å². The van der Waals surface area contributed by atoms with Gasteiger partial charge in [-0.1, -0.05) is 16.8 Å². The topological polar surface area (TPSA) is 107 Å². The summed E-state index contributed by atoms with van der Waals surface area (Å²) in [5.41, 5.74) is 1.49. The van der Waals surface area contributed by atoms with Crippen LogP contribution in [-0.4, -0.2) is 26.4 Å². The molecule has 8 nitrogen and oxygen atoms in total. The third-order valence-corrected chi connectivity index (χ3v) is 4.92. The van der Waals surface area contributed by atoms with E-state index < -0.39 is 11.5 Å². The molecule has 0 radical (unpaired) electrons. The molecule has 0 fully saturated rings. The normalized spacial score (nSPS) is 10.7. The maximum Gasteiger partial charge on any atom is 0.263 e. The summed E-state index contributed by atoms with van der Waals surface area (Å²) in [6.45, 7) is 1.26. The molecule has 32 heavy (non-hydrogen) atoms. The fourth-order valence-corrected chi connectivity index (χ4v) is 3.14. The number of Topliss-reactive ketones (excluding diaryl/α,β-unsaturated/α-hetero) is 1. The lowest BCUT2D eigenvalue weighted by atomic mass is 10.1. The van der Waals surface area contributed by atoms with E-state index in [1.807, 2.05) is 0 Å². The van der Waals surface area contributed by atoms with Gasteiger partial charge in [-0.2, -0.15) is 4.98 Å². The Morgan fingerprint density at radius 2 is 1.78 bits per heavy atom. The average Bonchev–Trinajstić information content (AvgIpc) is 3.26. The van der Waals surface area contributed by atoms with E-state index in [0.29, 0.717) is 27.7 Å². The van der Waals surface area contributed by atoms with Gasteiger partial charge in [0, 0.05) is 28.0 Å². The van der Waals surface area contributed by atoms with Crippen LogP contribution in [0.5, 0.6) is 0 Å². The van der Waals surface area contributed by atoms with Gasteiger partial charge in [-0.25, -0.2) is 0 Å². The van der Waals surface area contributed by atoms with Crippen molar-refractivity contribution in [1.29, 1.82) is 0 Å². The molecule has 0 aliphatic heterocycles. The van der Waals surface area contributed by atoms with Crippen LogP contribution in [0.25, 0.3) is 22.8 Å². The Morgan fingerprint density at radius 3 is 2.47 bits per heavy atom. The number of halogens is 1. The van der Waals surface area contributed by atoms with E-state index >= 15 is 0 Å². The number of pyridine rings is 1. The molecule has 0 unspecified atom stereocenters. The van der Waals surface area contributed by atoms with Crippen LogP contribution in [-0.2, 0) is 11.3 Å². The molecule has 4 rings (SSSR count). The van der Waals surface area contributed by atoms with Crippen LogP contribution in [0.15, 0.2) is 76.2 Å². The van der Waals surface area contributed by atoms with Crippen LogP contribution in [0, 0.1) is 0 Å². The van der Waals surface area contributed by atoms with Crippen molar-refractivity contribution in [2.75, 3.05) is 5.32 Å². The van der Waals surface area contributed by atoms with Gasteiger partial charge in [-0.15, -0.1) is 0 Å². The zero-order chi connectivity index (χ0) is 22.7. The second kappa shape index (κ2) is 8.99. The molecule has 2 heterocycles. The highest BCUT2D eigenvalue weighted by atomic mass is 35.5. The lowest BCUT2D eigenvalue weighted by Crippen LogP contribution is -2.28. The summed E-state index contributed by atoms with van der Waals surface area (Å²) in [5.74, 6) is -0.0913. The molecular weight excluding hydrogens is 432 g/mol. The van der Waals surface area contributed by atoms with Crippen LogP contribution in [0.3, 0.4) is 0 Å². The van der Waals surface area contributed by atoms with Crippen molar-refractivity contribution in [3.8, 4) is 22.8 Å². The number of amides is 1. The minimum atomic E-state index is -0.444. The number of hydrogen-bond donors (Lipinski definition) is 1. The number of carbonyl (C=O) groups is 2. The van der Waals surface area contributed by atoms with Crippen LogP contribution in [0.2, 0.25) is 5.02 Å². The summed E-state index contributed by atoms with van der Waals surface area (Å²) in [6, 6.07) is 16.6. The predicted molar refractivity (Wildman–Crippen MR) is 120 cm³/mol. The van der Waals surface area contributed by atoms with Gasteiger partial charge in [-0.05, 0) is 67.6 Å². The van der Waals surface area contributed by atoms with Crippen molar-refractivity contribution in [3.63, 3.8) is 0 Å². The highest BCUT2D eigenvalue weighted by molar-refractivity contribution is 6.30. The zero-order valence-corrected chi connectivity index (χ0v) is 17.7. The average molecular weight is 449 g/mol. The minimum Gasteiger partial charge on any atom is -0.333 e. The van der Waals surface area contributed by atoms with Gasteiger partial charge in [0.2, 0.25) is 11.7 Å². The highest BCUT2D eigenvalue weighted by Gasteiger charge is 2.16. The van der Waals surface area contributed by atoms with Crippen LogP contribution >= 0.6 is 11.6 Å². The summed E-state index contributed by atoms with van der Waals surface area (Å²) in [4.78, 5) is 40.9. The Morgan fingerprint density at radius 1 is 1.06 bits per heavy atom. The molecule has 0 bridgehead atoms. The van der Waals surface area contributed by atoms with E-state index in [4.69, 9.17) is 16.1 Å². The first-order chi connectivity index (χ1) is 15.4. The van der Waals surface area contributed by atoms with Crippen molar-refractivity contribution in [2.45, 2.75) is 13.5 Å². The van der Waals surface area contributed by atoms with Crippen LogP contribution in [0.1, 0.15) is 17.3 Å². The second-order valence-electron chi connectivity index (χ2n) is 6.97. The van der Waals surface area contributed by atoms with Crippen molar-refractivity contribution in [3.05, 3.63) is 87.8 Å². The number of aromatic nitrogens is 3. The number of rotatable bonds is 6. The largest absolute Gasteiger partial charge is 0.333 e. The van der Waals surface area contributed by atoms with Gasteiger partial charge in [0.1, 0.15) is 12.1 Å². The minimum absolute atomic E-state index is 0.0505. The Bertz CT molecular complexity index is 1340. The first kappa shape index (κ1) is 21.2. The standard InChI is InChI=1S/C23H17ClN4O4/c1-14(29)15-6-10-18(11-7-15)25-20(30)13-28-12-2-3-19(23(28)31)22-26-21(27-32-22)16-4-8-17(24)9-5-16/h2-12H,13H2,1H3,(H,25,30). The molecule has 0 saturated heterocycles. The summed E-state index contributed by atoms with van der Waals surface area (Å²) >= 11 is 5.90. The maximum absolute atomic E-state index is 12.9. The number of ketones is 1. The lowest BCUT2D eigenvalue weighted by molar-refractivity contribution is -0.116. The highest BCUT2D eigenvalue weighted by Crippen LogP contribution is 2.21. The molecule has 0 spiro atoms. The second-order valence-corrected chi connectivity index (χ2v) is 7.40. The van der Waals surface area contributed by atoms with E-state index in [0.717, 1.165) is 0 Å². The Hall–Kier alpha value is -4.04. The van der Waals surface area contributed by atoms with Crippen molar-refractivity contribution < 1.29 is 14.1 Å². The monoisotopic (exact) mass is 448 g/mol. The van der Waals surface area contributed by atoms with Crippen molar-refractivity contribution in [2.24, 2.45) is 0 Å². The fourth-order valence-electron chi connectivity index (χ4n) is 3.02. The maximum atomic E-state index is 12.9. The lowest BCUT2D eigenvalue weighted by Gasteiger charge is -2.08. The van der Waals surface area contributed by atoms with Crippen molar-refractivity contribution in [1.82, 2.24) is 14.7 Å². The molecule has 1 N–H and O–H groups in total. The summed E-state index contributed by atoms with van der Waals surface area (Å²) in [6.07, 6.45) is 1.50. The molecule has 0 atom stereocenters. The zero-order valence-electron chi connectivity index (χ0n) is 16.9. The van der Waals surface area contributed by atoms with E-state index in [-0.39, 0.29) is 23.8 Å². The third kappa shape index (κ3) is 4.65. The quantitative estimate of drug-likeness (QED) is 0.446. The van der Waals surface area contributed by atoms with E-state index in [9.17, 15) is 14.4 Å². The van der Waals surface area contributed by atoms with Gasteiger partial charge in [0.05, 0.1) is 0 Å². The molecule has 9 heteroatoms. The number of hydrogen-bond acceptors (Lipinski definition) is 6. The van der Waals surface area contributed by atoms with Gasteiger partial charge in [0.15, 0.2) is 5.78 Å². The van der Waals surface area contributed by atoms with E-state index in [1.165, 1.54) is 17.7 Å². The molecular formula is C23H17ClN4O4. The first-order valence-electron chi connectivity index (χ1n) is 9.61.